The number of rotatable bonds is 8. The van der Waals surface area contributed by atoms with Gasteiger partial charge in [0.15, 0.2) is 10.9 Å². The number of halogens is 2. The minimum absolute atomic E-state index is 0.0346. The predicted octanol–water partition coefficient (Wildman–Crippen LogP) is 3.79. The molecule has 0 bridgehead atoms. The van der Waals surface area contributed by atoms with Gasteiger partial charge < -0.3 is 10.4 Å². The third-order valence-electron chi connectivity index (χ3n) is 3.53. The lowest BCUT2D eigenvalue weighted by Crippen LogP contribution is -2.42. The van der Waals surface area contributed by atoms with Gasteiger partial charge in [0.25, 0.3) is 5.91 Å². The number of hydrogen-bond donors (Lipinski definition) is 2. The van der Waals surface area contributed by atoms with E-state index in [9.17, 15) is 19.1 Å². The summed E-state index contributed by atoms with van der Waals surface area (Å²) in [5.74, 6) is -1.53. The van der Waals surface area contributed by atoms with Gasteiger partial charge in [-0.1, -0.05) is 49.3 Å². The Labute approximate surface area is 165 Å². The third-order valence-corrected chi connectivity index (χ3v) is 4.74. The van der Waals surface area contributed by atoms with E-state index in [4.69, 9.17) is 11.6 Å². The Bertz CT molecular complexity index is 818. The maximum Gasteiger partial charge on any atom is 0.326 e. The zero-order valence-corrected chi connectivity index (χ0v) is 16.4. The summed E-state index contributed by atoms with van der Waals surface area (Å²) < 4.78 is 12.9. The molecule has 1 aromatic carbocycles. The topological polar surface area (TPSA) is 92.2 Å². The first-order valence-corrected chi connectivity index (χ1v) is 9.56. The number of carbonyl (C=O) groups excluding carboxylic acids is 1. The molecule has 2 aromatic rings. The summed E-state index contributed by atoms with van der Waals surface area (Å²) in [7, 11) is 0. The minimum atomic E-state index is -1.12. The Morgan fingerprint density at radius 1 is 1.30 bits per heavy atom. The number of carboxylic acids is 1. The number of nitrogens with zero attached hydrogens (tertiary/aromatic N) is 2. The van der Waals surface area contributed by atoms with Gasteiger partial charge in [0.05, 0.1) is 11.2 Å². The summed E-state index contributed by atoms with van der Waals surface area (Å²) in [6.45, 7) is 3.73. The van der Waals surface area contributed by atoms with E-state index in [0.717, 1.165) is 5.56 Å². The number of nitrogens with one attached hydrogen (secondary N) is 1. The lowest BCUT2D eigenvalue weighted by Gasteiger charge is -2.16. The fourth-order valence-electron chi connectivity index (χ4n) is 2.23. The summed E-state index contributed by atoms with van der Waals surface area (Å²) in [5.41, 5.74) is 0.789. The smallest absolute Gasteiger partial charge is 0.326 e. The Morgan fingerprint density at radius 3 is 2.56 bits per heavy atom. The van der Waals surface area contributed by atoms with Crippen molar-refractivity contribution in [3.8, 4) is 0 Å². The van der Waals surface area contributed by atoms with Crippen LogP contribution in [0.2, 0.25) is 5.02 Å². The standard InChI is InChI=1S/C18H19ClFN3O3S/c1-10(2)7-14(17(25)26)22-16(24)15-13(19)8-21-18(23-15)27-9-11-3-5-12(20)6-4-11/h3-6,8,10,14H,7,9H2,1-2H3,(H,22,24)(H,25,26). The third kappa shape index (κ3) is 6.48. The molecular weight excluding hydrogens is 393 g/mol. The molecule has 1 amide bonds. The Kier molecular flexibility index (Phi) is 7.55. The summed E-state index contributed by atoms with van der Waals surface area (Å²) >= 11 is 7.27. The van der Waals surface area contributed by atoms with Crippen molar-refractivity contribution in [2.24, 2.45) is 5.92 Å². The lowest BCUT2D eigenvalue weighted by atomic mass is 10.0. The van der Waals surface area contributed by atoms with Crippen molar-refractivity contribution >= 4 is 35.2 Å². The van der Waals surface area contributed by atoms with Gasteiger partial charge in [-0.15, -0.1) is 0 Å². The van der Waals surface area contributed by atoms with E-state index >= 15 is 0 Å². The Morgan fingerprint density at radius 2 is 1.96 bits per heavy atom. The van der Waals surface area contributed by atoms with Crippen molar-refractivity contribution in [2.75, 3.05) is 0 Å². The van der Waals surface area contributed by atoms with Gasteiger partial charge in [0, 0.05) is 5.75 Å². The molecule has 27 heavy (non-hydrogen) atoms. The second-order valence-corrected chi connectivity index (χ2v) is 7.61. The lowest BCUT2D eigenvalue weighted by molar-refractivity contribution is -0.139. The number of aliphatic carboxylic acids is 1. The van der Waals surface area contributed by atoms with Crippen LogP contribution in [0.3, 0.4) is 0 Å². The van der Waals surface area contributed by atoms with Crippen LogP contribution in [-0.4, -0.2) is 33.0 Å². The Balaban J connectivity index is 2.09. The Hall–Kier alpha value is -2.19. The van der Waals surface area contributed by atoms with Crippen LogP contribution in [-0.2, 0) is 10.5 Å². The van der Waals surface area contributed by atoms with Gasteiger partial charge in [-0.2, -0.15) is 0 Å². The summed E-state index contributed by atoms with van der Waals surface area (Å²) in [5, 5.41) is 12.1. The van der Waals surface area contributed by atoms with E-state index in [2.05, 4.69) is 15.3 Å². The fraction of sp³-hybridized carbons (Fsp3) is 0.333. The van der Waals surface area contributed by atoms with Crippen LogP contribution in [0.1, 0.15) is 36.3 Å². The monoisotopic (exact) mass is 411 g/mol. The van der Waals surface area contributed by atoms with Gasteiger partial charge in [0.2, 0.25) is 0 Å². The highest BCUT2D eigenvalue weighted by Crippen LogP contribution is 2.22. The molecule has 0 aliphatic rings. The number of hydrogen-bond acceptors (Lipinski definition) is 5. The van der Waals surface area contributed by atoms with Crippen LogP contribution >= 0.6 is 23.4 Å². The van der Waals surface area contributed by atoms with Crippen LogP contribution in [0, 0.1) is 11.7 Å². The van der Waals surface area contributed by atoms with Crippen molar-refractivity contribution in [2.45, 2.75) is 37.2 Å². The SMILES string of the molecule is CC(C)CC(NC(=O)c1nc(SCc2ccc(F)cc2)ncc1Cl)C(=O)O. The van der Waals surface area contributed by atoms with Crippen LogP contribution < -0.4 is 5.32 Å². The summed E-state index contributed by atoms with van der Waals surface area (Å²) in [4.78, 5) is 32.0. The molecule has 0 saturated carbocycles. The van der Waals surface area contributed by atoms with Crippen molar-refractivity contribution < 1.29 is 19.1 Å². The zero-order chi connectivity index (χ0) is 20.0. The number of benzene rings is 1. The molecule has 2 rings (SSSR count). The molecule has 9 heteroatoms. The van der Waals surface area contributed by atoms with E-state index in [1.165, 1.54) is 30.1 Å². The molecule has 0 saturated heterocycles. The molecular formula is C18H19ClFN3O3S. The zero-order valence-electron chi connectivity index (χ0n) is 14.8. The van der Waals surface area contributed by atoms with E-state index in [0.29, 0.717) is 10.9 Å². The molecule has 6 nitrogen and oxygen atoms in total. The van der Waals surface area contributed by atoms with Crippen molar-refractivity contribution in [3.63, 3.8) is 0 Å². The van der Waals surface area contributed by atoms with E-state index in [-0.39, 0.29) is 28.9 Å². The molecule has 0 fully saturated rings. The van der Waals surface area contributed by atoms with Crippen LogP contribution in [0.4, 0.5) is 4.39 Å². The average Bonchev–Trinajstić information content (AvgIpc) is 2.61. The number of carboxylic acid groups (broad SMARTS) is 1. The highest BCUT2D eigenvalue weighted by molar-refractivity contribution is 7.98. The van der Waals surface area contributed by atoms with Crippen LogP contribution in [0.5, 0.6) is 0 Å². The largest absolute Gasteiger partial charge is 0.480 e. The average molecular weight is 412 g/mol. The van der Waals surface area contributed by atoms with Gasteiger partial charge in [-0.3, -0.25) is 4.79 Å². The quantitative estimate of drug-likeness (QED) is 0.507. The summed E-state index contributed by atoms with van der Waals surface area (Å²) in [6, 6.07) is 4.99. The van der Waals surface area contributed by atoms with Gasteiger partial charge >= 0.3 is 5.97 Å². The molecule has 2 N–H and O–H groups in total. The first-order chi connectivity index (χ1) is 12.8. The van der Waals surface area contributed by atoms with Crippen molar-refractivity contribution in [1.29, 1.82) is 0 Å². The highest BCUT2D eigenvalue weighted by atomic mass is 35.5. The van der Waals surface area contributed by atoms with Gasteiger partial charge in [-0.25, -0.2) is 19.2 Å². The number of carbonyl (C=O) groups is 2. The highest BCUT2D eigenvalue weighted by Gasteiger charge is 2.24. The van der Waals surface area contributed by atoms with Crippen LogP contribution in [0.25, 0.3) is 0 Å². The predicted molar refractivity (Wildman–Crippen MR) is 101 cm³/mol. The fourth-order valence-corrected chi connectivity index (χ4v) is 3.18. The molecule has 144 valence electrons. The van der Waals surface area contributed by atoms with Crippen molar-refractivity contribution in [1.82, 2.24) is 15.3 Å². The molecule has 0 radical (unpaired) electrons. The minimum Gasteiger partial charge on any atom is -0.480 e. The number of thioether (sulfide) groups is 1. The van der Waals surface area contributed by atoms with Gasteiger partial charge in [-0.05, 0) is 30.0 Å². The van der Waals surface area contributed by atoms with E-state index in [1.54, 1.807) is 12.1 Å². The number of amides is 1. The maximum absolute atomic E-state index is 12.9. The first kappa shape index (κ1) is 21.1. The second-order valence-electron chi connectivity index (χ2n) is 6.26. The van der Waals surface area contributed by atoms with Crippen LogP contribution in [0.15, 0.2) is 35.6 Å². The molecule has 1 heterocycles. The summed E-state index contributed by atoms with van der Waals surface area (Å²) in [6.07, 6.45) is 1.59. The second kappa shape index (κ2) is 9.66. The molecule has 1 aromatic heterocycles. The molecule has 0 spiro atoms. The molecule has 0 aliphatic heterocycles. The van der Waals surface area contributed by atoms with Crippen molar-refractivity contribution in [3.05, 3.63) is 52.6 Å². The molecule has 1 unspecified atom stereocenters. The van der Waals surface area contributed by atoms with Gasteiger partial charge in [0.1, 0.15) is 11.9 Å². The number of aromatic nitrogens is 2. The molecule has 0 aliphatic carbocycles. The van der Waals surface area contributed by atoms with E-state index in [1.807, 2.05) is 13.8 Å². The van der Waals surface area contributed by atoms with E-state index < -0.39 is 17.9 Å². The first-order valence-electron chi connectivity index (χ1n) is 8.19. The maximum atomic E-state index is 12.9. The molecule has 1 atom stereocenters. The normalized spacial score (nSPS) is 12.0.